The van der Waals surface area contributed by atoms with Gasteiger partial charge in [0.1, 0.15) is 11.3 Å². The van der Waals surface area contributed by atoms with E-state index in [1.54, 1.807) is 13.8 Å². The Morgan fingerprint density at radius 1 is 1.24 bits per heavy atom. The zero-order valence-corrected chi connectivity index (χ0v) is 13.1. The van der Waals surface area contributed by atoms with E-state index in [-0.39, 0.29) is 16.7 Å². The monoisotopic (exact) mass is 314 g/mol. The van der Waals surface area contributed by atoms with Gasteiger partial charge in [0.2, 0.25) is 0 Å². The summed E-state index contributed by atoms with van der Waals surface area (Å²) in [7, 11) is -4.03. The minimum absolute atomic E-state index is 0.101. The van der Waals surface area contributed by atoms with Crippen molar-refractivity contribution in [1.82, 2.24) is 4.72 Å². The van der Waals surface area contributed by atoms with Gasteiger partial charge in [0.25, 0.3) is 15.9 Å². The smallest absolute Gasteiger partial charge is 0.265 e. The quantitative estimate of drug-likeness (QED) is 0.810. The number of carbonyl (C=O) groups is 1. The molecule has 21 heavy (non-hydrogen) atoms. The second-order valence-electron chi connectivity index (χ2n) is 5.20. The van der Waals surface area contributed by atoms with Crippen LogP contribution in [-0.2, 0) is 19.6 Å². The maximum absolute atomic E-state index is 12.1. The fourth-order valence-electron chi connectivity index (χ4n) is 1.63. The van der Waals surface area contributed by atoms with Crippen molar-refractivity contribution in [3.8, 4) is 0 Å². The maximum Gasteiger partial charge on any atom is 0.265 e. The molecule has 8 heteroatoms. The Kier molecular flexibility index (Phi) is 5.19. The van der Waals surface area contributed by atoms with E-state index < -0.39 is 21.5 Å². The first-order chi connectivity index (χ1) is 9.58. The molecule has 1 aromatic rings. The van der Waals surface area contributed by atoms with Crippen molar-refractivity contribution < 1.29 is 17.9 Å². The van der Waals surface area contributed by atoms with Gasteiger partial charge in [-0.1, -0.05) is 0 Å². The van der Waals surface area contributed by atoms with Crippen molar-refractivity contribution in [2.24, 2.45) is 5.18 Å². The van der Waals surface area contributed by atoms with Crippen LogP contribution in [0.25, 0.3) is 0 Å². The van der Waals surface area contributed by atoms with Gasteiger partial charge in [0.05, 0.1) is 11.0 Å². The normalized spacial score (nSPS) is 12.2. The van der Waals surface area contributed by atoms with E-state index in [1.165, 1.54) is 38.1 Å². The van der Waals surface area contributed by atoms with Crippen LogP contribution in [0.5, 0.6) is 0 Å². The molecule has 0 unspecified atom stereocenters. The molecule has 0 saturated heterocycles. The zero-order valence-electron chi connectivity index (χ0n) is 12.3. The number of nitrogens with zero attached hydrogens (tertiary/aromatic N) is 1. The molecule has 0 bridgehead atoms. The Morgan fingerprint density at radius 2 is 1.76 bits per heavy atom. The van der Waals surface area contributed by atoms with Crippen molar-refractivity contribution in [1.29, 1.82) is 0 Å². The van der Waals surface area contributed by atoms with Gasteiger partial charge in [-0.25, -0.2) is 13.1 Å². The summed E-state index contributed by atoms with van der Waals surface area (Å²) < 4.78 is 31.5. The number of carbonyl (C=O) groups excluding carboxylic acids is 1. The number of benzene rings is 1. The Labute approximate surface area is 123 Å². The lowest BCUT2D eigenvalue weighted by Crippen LogP contribution is -2.47. The number of nitrogens with one attached hydrogen (secondary N) is 1. The third-order valence-electron chi connectivity index (χ3n) is 2.56. The second-order valence-corrected chi connectivity index (χ2v) is 6.88. The highest BCUT2D eigenvalue weighted by molar-refractivity contribution is 7.90. The third kappa shape index (κ3) is 4.61. The lowest BCUT2D eigenvalue weighted by Gasteiger charge is -2.26. The Hall–Kier alpha value is -1.80. The highest BCUT2D eigenvalue weighted by Gasteiger charge is 2.33. The van der Waals surface area contributed by atoms with Crippen molar-refractivity contribution in [2.75, 3.05) is 0 Å². The number of nitroso groups, excluding NO2 is 1. The van der Waals surface area contributed by atoms with Crippen LogP contribution in [0.4, 0.5) is 5.69 Å². The lowest BCUT2D eigenvalue weighted by molar-refractivity contribution is -0.145. The topological polar surface area (TPSA) is 102 Å². The van der Waals surface area contributed by atoms with E-state index in [4.69, 9.17) is 4.74 Å². The first-order valence-corrected chi connectivity index (χ1v) is 7.75. The molecule has 1 N–H and O–H groups in total. The molecular formula is C13H18N2O5S. The minimum atomic E-state index is -4.03. The molecule has 0 radical (unpaired) electrons. The number of hydrogen-bond donors (Lipinski definition) is 1. The molecule has 1 amide bonds. The second kappa shape index (κ2) is 6.31. The van der Waals surface area contributed by atoms with Gasteiger partial charge in [-0.3, -0.25) is 4.79 Å². The Balaban J connectivity index is 2.93. The molecule has 0 atom stereocenters. The van der Waals surface area contributed by atoms with E-state index >= 15 is 0 Å². The lowest BCUT2D eigenvalue weighted by atomic mass is 10.1. The summed E-state index contributed by atoms with van der Waals surface area (Å²) in [6.07, 6.45) is -0.230. The molecule has 0 aliphatic heterocycles. The van der Waals surface area contributed by atoms with Crippen LogP contribution >= 0.6 is 0 Å². The average molecular weight is 314 g/mol. The number of amides is 1. The summed E-state index contributed by atoms with van der Waals surface area (Å²) in [6.45, 7) is 6.46. The summed E-state index contributed by atoms with van der Waals surface area (Å²) in [5, 5.41) is 2.67. The molecule has 1 rings (SSSR count). The molecule has 1 aromatic carbocycles. The molecule has 0 aliphatic rings. The Morgan fingerprint density at radius 3 is 2.19 bits per heavy atom. The highest BCUT2D eigenvalue weighted by Crippen LogP contribution is 2.18. The van der Waals surface area contributed by atoms with Crippen molar-refractivity contribution in [2.45, 2.75) is 44.3 Å². The van der Waals surface area contributed by atoms with Gasteiger partial charge in [-0.15, -0.1) is 4.91 Å². The summed E-state index contributed by atoms with van der Waals surface area (Å²) in [5.74, 6) is -0.770. The molecule has 0 aromatic heterocycles. The van der Waals surface area contributed by atoms with Crippen LogP contribution in [0.1, 0.15) is 27.7 Å². The summed E-state index contributed by atoms with van der Waals surface area (Å²) in [5.41, 5.74) is -1.19. The van der Waals surface area contributed by atoms with Crippen LogP contribution < -0.4 is 4.72 Å². The van der Waals surface area contributed by atoms with Gasteiger partial charge in [0.15, 0.2) is 0 Å². The zero-order chi connectivity index (χ0) is 16.3. The van der Waals surface area contributed by atoms with E-state index in [0.29, 0.717) is 0 Å². The SMILES string of the molecule is CC(C)OC(C)(C)C(=O)NS(=O)(=O)c1ccc(N=O)cc1. The number of hydrogen-bond acceptors (Lipinski definition) is 6. The van der Waals surface area contributed by atoms with Crippen LogP contribution in [0.15, 0.2) is 34.3 Å². The molecular weight excluding hydrogens is 296 g/mol. The van der Waals surface area contributed by atoms with E-state index in [0.717, 1.165) is 0 Å². The summed E-state index contributed by atoms with van der Waals surface area (Å²) in [4.78, 5) is 22.2. The first-order valence-electron chi connectivity index (χ1n) is 6.27. The van der Waals surface area contributed by atoms with Crippen LogP contribution in [0.3, 0.4) is 0 Å². The molecule has 0 fully saturated rings. The molecule has 0 aliphatic carbocycles. The molecule has 116 valence electrons. The average Bonchev–Trinajstić information content (AvgIpc) is 2.36. The van der Waals surface area contributed by atoms with E-state index in [9.17, 15) is 18.1 Å². The van der Waals surface area contributed by atoms with Gasteiger partial charge in [-0.2, -0.15) is 0 Å². The minimum Gasteiger partial charge on any atom is -0.363 e. The highest BCUT2D eigenvalue weighted by atomic mass is 32.2. The predicted molar refractivity (Wildman–Crippen MR) is 77.5 cm³/mol. The largest absolute Gasteiger partial charge is 0.363 e. The van der Waals surface area contributed by atoms with Crippen LogP contribution in [-0.4, -0.2) is 26.0 Å². The predicted octanol–water partition coefficient (Wildman–Crippen LogP) is 2.09. The number of sulfonamides is 1. The fourth-order valence-corrected chi connectivity index (χ4v) is 2.73. The van der Waals surface area contributed by atoms with Crippen LogP contribution in [0.2, 0.25) is 0 Å². The fraction of sp³-hybridized carbons (Fsp3) is 0.462. The van der Waals surface area contributed by atoms with Crippen molar-refractivity contribution in [3.05, 3.63) is 29.2 Å². The molecule has 7 nitrogen and oxygen atoms in total. The van der Waals surface area contributed by atoms with Gasteiger partial charge < -0.3 is 4.74 Å². The van der Waals surface area contributed by atoms with E-state index in [2.05, 4.69) is 5.18 Å². The third-order valence-corrected chi connectivity index (χ3v) is 3.90. The summed E-state index contributed by atoms with van der Waals surface area (Å²) >= 11 is 0. The summed E-state index contributed by atoms with van der Waals surface area (Å²) in [6, 6.07) is 4.90. The number of rotatable bonds is 6. The van der Waals surface area contributed by atoms with Crippen molar-refractivity contribution >= 4 is 21.6 Å². The Bertz CT molecular complexity index is 620. The molecule has 0 heterocycles. The molecule has 0 saturated carbocycles. The van der Waals surface area contributed by atoms with E-state index in [1.807, 2.05) is 4.72 Å². The maximum atomic E-state index is 12.1. The van der Waals surface area contributed by atoms with Gasteiger partial charge >= 0.3 is 0 Å². The first kappa shape index (κ1) is 17.3. The van der Waals surface area contributed by atoms with Gasteiger partial charge in [-0.05, 0) is 57.1 Å². The van der Waals surface area contributed by atoms with Gasteiger partial charge in [0, 0.05) is 0 Å². The van der Waals surface area contributed by atoms with Crippen LogP contribution in [0, 0.1) is 4.91 Å². The molecule has 0 spiro atoms. The van der Waals surface area contributed by atoms with Crippen molar-refractivity contribution in [3.63, 3.8) is 0 Å². The standard InChI is InChI=1S/C13H18N2O5S/c1-9(2)20-13(3,4)12(16)15-21(18,19)11-7-5-10(14-17)6-8-11/h5-9H,1-4H3,(H,15,16). The number of ether oxygens (including phenoxy) is 1.